The molecule has 5 atom stereocenters. The minimum atomic E-state index is -0.723. The van der Waals surface area contributed by atoms with E-state index in [0.29, 0.717) is 5.92 Å². The van der Waals surface area contributed by atoms with E-state index in [4.69, 9.17) is 4.74 Å². The molecule has 5 rings (SSSR count). The number of aliphatic hydroxyl groups excluding tert-OH is 1. The van der Waals surface area contributed by atoms with Gasteiger partial charge in [-0.1, -0.05) is 32.4 Å². The van der Waals surface area contributed by atoms with Gasteiger partial charge in [0.05, 0.1) is 23.5 Å². The van der Waals surface area contributed by atoms with Crippen LogP contribution in [0.5, 0.6) is 0 Å². The topological polar surface area (TPSA) is 110 Å². The molecule has 2 amide bonds. The Morgan fingerprint density at radius 1 is 1.17 bits per heavy atom. The van der Waals surface area contributed by atoms with Crippen LogP contribution in [0.3, 0.4) is 0 Å². The van der Waals surface area contributed by atoms with Crippen LogP contribution in [-0.2, 0) is 14.3 Å². The summed E-state index contributed by atoms with van der Waals surface area (Å²) < 4.78 is 7.98. The molecule has 3 aliphatic carbocycles. The zero-order valence-corrected chi connectivity index (χ0v) is 22.7. The number of nitrogens with zero attached hydrogens (tertiary/aromatic N) is 4. The number of carbonyl (C=O) groups excluding carboxylic acids is 2. The molecule has 2 unspecified atom stereocenters. The van der Waals surface area contributed by atoms with Crippen molar-refractivity contribution in [2.45, 2.75) is 128 Å². The van der Waals surface area contributed by atoms with Crippen molar-refractivity contribution in [3.63, 3.8) is 0 Å². The van der Waals surface area contributed by atoms with E-state index in [9.17, 15) is 14.7 Å². The maximum Gasteiger partial charge on any atom is 0.248 e. The van der Waals surface area contributed by atoms with Gasteiger partial charge in [-0.2, -0.15) is 0 Å². The number of nitrogens with one attached hydrogen (secondary N) is 1. The lowest BCUT2D eigenvalue weighted by molar-refractivity contribution is -0.215. The number of hydrogen-bond acceptors (Lipinski definition) is 6. The number of carbonyl (C=O) groups is 2. The zero-order chi connectivity index (χ0) is 26.0. The number of ether oxygens (including phenoxy) is 1. The maximum atomic E-state index is 13.9. The number of aromatic nitrogens is 3. The van der Waals surface area contributed by atoms with E-state index in [0.717, 1.165) is 44.2 Å². The third kappa shape index (κ3) is 4.69. The van der Waals surface area contributed by atoms with Gasteiger partial charge in [-0.05, 0) is 58.3 Å². The molecule has 1 spiro atoms. The highest BCUT2D eigenvalue weighted by Gasteiger charge is 2.60. The van der Waals surface area contributed by atoms with Gasteiger partial charge >= 0.3 is 0 Å². The van der Waals surface area contributed by atoms with E-state index in [2.05, 4.69) is 36.4 Å². The van der Waals surface area contributed by atoms with Crippen LogP contribution >= 0.6 is 0 Å². The maximum absolute atomic E-state index is 13.9. The summed E-state index contributed by atoms with van der Waals surface area (Å²) in [6.45, 7) is 12.4. The Bertz CT molecular complexity index is 1000. The van der Waals surface area contributed by atoms with E-state index in [1.54, 1.807) is 9.58 Å². The fourth-order valence-corrected chi connectivity index (χ4v) is 6.39. The largest absolute Gasteiger partial charge is 0.391 e. The monoisotopic (exact) mass is 501 g/mol. The van der Waals surface area contributed by atoms with E-state index in [1.807, 2.05) is 27.0 Å². The zero-order valence-electron chi connectivity index (χ0n) is 22.7. The average Bonchev–Trinajstić information content (AvgIpc) is 3.31. The number of aliphatic hydroxyl groups is 1. The van der Waals surface area contributed by atoms with Crippen LogP contribution < -0.4 is 5.32 Å². The summed E-state index contributed by atoms with van der Waals surface area (Å²) in [5.74, 6) is 0.0802. The van der Waals surface area contributed by atoms with Crippen LogP contribution in [0.25, 0.3) is 0 Å². The minimum absolute atomic E-state index is 0.00286. The molecule has 4 aliphatic rings. The standard InChI is InChI=1S/C27H43N5O4/c1-25(2,3)22(32-15-18(29-30-32)16-8-9-16)24(35)31-14-17(33)12-19(31)23(34)28-20-13-21(36-26(4,5)6)27(20)10-7-11-27/h15-17,19-22,33H,7-14H2,1-6H3,(H,28,34)/t17-,19+,20?,21?,22-/m0/s1. The second-order valence-electron chi connectivity index (χ2n) is 13.7. The molecular formula is C27H43N5O4. The second kappa shape index (κ2) is 8.79. The van der Waals surface area contributed by atoms with Gasteiger partial charge in [0.15, 0.2) is 0 Å². The molecule has 9 heteroatoms. The van der Waals surface area contributed by atoms with Crippen LogP contribution in [-0.4, -0.2) is 73.3 Å². The van der Waals surface area contributed by atoms with Gasteiger partial charge in [-0.25, -0.2) is 4.68 Å². The fraction of sp³-hybridized carbons (Fsp3) is 0.852. The molecule has 0 bridgehead atoms. The average molecular weight is 502 g/mol. The van der Waals surface area contributed by atoms with Gasteiger partial charge in [-0.3, -0.25) is 9.59 Å². The normalized spacial score (nSPS) is 30.6. The molecule has 36 heavy (non-hydrogen) atoms. The summed E-state index contributed by atoms with van der Waals surface area (Å²) in [6, 6.07) is -1.25. The van der Waals surface area contributed by atoms with Gasteiger partial charge < -0.3 is 20.1 Å². The second-order valence-corrected chi connectivity index (χ2v) is 13.7. The molecule has 1 aromatic rings. The summed E-state index contributed by atoms with van der Waals surface area (Å²) in [6.07, 6.45) is 7.83. The summed E-state index contributed by atoms with van der Waals surface area (Å²) in [4.78, 5) is 29.1. The smallest absolute Gasteiger partial charge is 0.248 e. The van der Waals surface area contributed by atoms with Gasteiger partial charge in [-0.15, -0.1) is 5.10 Å². The van der Waals surface area contributed by atoms with E-state index >= 15 is 0 Å². The predicted molar refractivity (Wildman–Crippen MR) is 134 cm³/mol. The van der Waals surface area contributed by atoms with Crippen LogP contribution in [0.1, 0.15) is 104 Å². The summed E-state index contributed by atoms with van der Waals surface area (Å²) in [7, 11) is 0. The van der Waals surface area contributed by atoms with Crippen LogP contribution in [0, 0.1) is 10.8 Å². The fourth-order valence-electron chi connectivity index (χ4n) is 6.39. The molecule has 9 nitrogen and oxygen atoms in total. The molecule has 3 saturated carbocycles. The Morgan fingerprint density at radius 3 is 2.42 bits per heavy atom. The molecule has 1 saturated heterocycles. The predicted octanol–water partition coefficient (Wildman–Crippen LogP) is 2.95. The lowest BCUT2D eigenvalue weighted by Gasteiger charge is -2.62. The molecule has 0 radical (unpaired) electrons. The highest BCUT2D eigenvalue weighted by Crippen LogP contribution is 2.58. The first-order valence-electron chi connectivity index (χ1n) is 13.7. The van der Waals surface area contributed by atoms with Crippen molar-refractivity contribution < 1.29 is 19.4 Å². The van der Waals surface area contributed by atoms with E-state index in [-0.39, 0.29) is 47.9 Å². The third-order valence-corrected chi connectivity index (χ3v) is 8.59. The Labute approximate surface area is 214 Å². The van der Waals surface area contributed by atoms with Gasteiger partial charge in [0.1, 0.15) is 12.1 Å². The molecule has 2 N–H and O–H groups in total. The minimum Gasteiger partial charge on any atom is -0.391 e. The van der Waals surface area contributed by atoms with Crippen molar-refractivity contribution in [1.29, 1.82) is 0 Å². The Hall–Kier alpha value is -2.00. The molecule has 1 aromatic heterocycles. The van der Waals surface area contributed by atoms with Gasteiger partial charge in [0, 0.05) is 36.5 Å². The lowest BCUT2D eigenvalue weighted by Crippen LogP contribution is -2.69. The SMILES string of the molecule is CC(C)(C)OC1CC(NC(=O)[C@H]2C[C@H](O)CN2C(=O)[C@H](n2cc(C3CC3)nn2)C(C)(C)C)C12CCC2. The molecule has 2 heterocycles. The number of β-amino-alcohol motifs (C(OH)–C–C–N with tert-alkyl or cyclic N) is 1. The Kier molecular flexibility index (Phi) is 6.26. The first-order valence-corrected chi connectivity index (χ1v) is 13.7. The van der Waals surface area contributed by atoms with Crippen molar-refractivity contribution in [3.05, 3.63) is 11.9 Å². The molecular weight excluding hydrogens is 458 g/mol. The number of amides is 2. The first kappa shape index (κ1) is 25.6. The number of hydrogen-bond donors (Lipinski definition) is 2. The Balaban J connectivity index is 1.31. The third-order valence-electron chi connectivity index (χ3n) is 8.59. The summed E-state index contributed by atoms with van der Waals surface area (Å²) >= 11 is 0. The molecule has 1 aliphatic heterocycles. The van der Waals surface area contributed by atoms with Crippen molar-refractivity contribution in [2.24, 2.45) is 10.8 Å². The molecule has 0 aromatic carbocycles. The lowest BCUT2D eigenvalue weighted by atomic mass is 9.51. The van der Waals surface area contributed by atoms with Crippen molar-refractivity contribution in [3.8, 4) is 0 Å². The van der Waals surface area contributed by atoms with Crippen LogP contribution in [0.4, 0.5) is 0 Å². The van der Waals surface area contributed by atoms with E-state index < -0.39 is 23.6 Å². The first-order chi connectivity index (χ1) is 16.8. The summed E-state index contributed by atoms with van der Waals surface area (Å²) in [5, 5.41) is 22.4. The van der Waals surface area contributed by atoms with Crippen LogP contribution in [0.2, 0.25) is 0 Å². The number of likely N-dealkylation sites (tertiary alicyclic amines) is 1. The molecule has 4 fully saturated rings. The van der Waals surface area contributed by atoms with Crippen molar-refractivity contribution in [2.75, 3.05) is 6.54 Å². The highest BCUT2D eigenvalue weighted by molar-refractivity contribution is 5.90. The van der Waals surface area contributed by atoms with Gasteiger partial charge in [0.25, 0.3) is 0 Å². The quantitative estimate of drug-likeness (QED) is 0.620. The van der Waals surface area contributed by atoms with Crippen molar-refractivity contribution >= 4 is 11.8 Å². The van der Waals surface area contributed by atoms with Gasteiger partial charge in [0.2, 0.25) is 11.8 Å². The number of rotatable bonds is 6. The highest BCUT2D eigenvalue weighted by atomic mass is 16.5. The van der Waals surface area contributed by atoms with Crippen LogP contribution in [0.15, 0.2) is 6.20 Å². The molecule has 200 valence electrons. The Morgan fingerprint density at radius 2 is 1.86 bits per heavy atom. The summed E-state index contributed by atoms with van der Waals surface area (Å²) in [5.41, 5.74) is 0.268. The van der Waals surface area contributed by atoms with Crippen molar-refractivity contribution in [1.82, 2.24) is 25.2 Å². The van der Waals surface area contributed by atoms with E-state index in [1.165, 1.54) is 0 Å².